The van der Waals surface area contributed by atoms with Crippen molar-refractivity contribution in [1.29, 1.82) is 0 Å². The highest BCUT2D eigenvalue weighted by atomic mass is 32.2. The maximum absolute atomic E-state index is 2.43. The fourth-order valence-corrected chi connectivity index (χ4v) is 8.65. The van der Waals surface area contributed by atoms with Crippen molar-refractivity contribution in [2.45, 2.75) is 9.79 Å². The van der Waals surface area contributed by atoms with Crippen LogP contribution in [0.5, 0.6) is 0 Å². The van der Waals surface area contributed by atoms with Crippen molar-refractivity contribution in [3.63, 3.8) is 0 Å². The highest BCUT2D eigenvalue weighted by molar-refractivity contribution is 7.99. The van der Waals surface area contributed by atoms with Crippen LogP contribution in [0.3, 0.4) is 0 Å². The van der Waals surface area contributed by atoms with Crippen molar-refractivity contribution in [3.8, 4) is 0 Å². The predicted octanol–water partition coefficient (Wildman–Crippen LogP) is 12.6. The van der Waals surface area contributed by atoms with E-state index in [1.807, 2.05) is 23.1 Å². The van der Waals surface area contributed by atoms with Crippen LogP contribution in [-0.4, -0.2) is 0 Å². The second-order valence-electron chi connectivity index (χ2n) is 11.0. The highest BCUT2D eigenvalue weighted by Crippen LogP contribution is 2.53. The molecule has 0 amide bonds. The lowest BCUT2D eigenvalue weighted by molar-refractivity contribution is 1.16. The largest absolute Gasteiger partial charge is 0.310 e. The first-order valence-corrected chi connectivity index (χ1v) is 16.4. The predicted molar refractivity (Wildman–Crippen MR) is 190 cm³/mol. The number of anilines is 6. The quantitative estimate of drug-likeness (QED) is 0.199. The van der Waals surface area contributed by atoms with E-state index < -0.39 is 0 Å². The summed E-state index contributed by atoms with van der Waals surface area (Å²) in [6, 6.07) is 57.2. The summed E-state index contributed by atoms with van der Waals surface area (Å²) in [6.45, 7) is 0. The molecule has 1 aliphatic heterocycles. The third kappa shape index (κ3) is 4.10. The number of hydrogen-bond acceptors (Lipinski definition) is 4. The standard InChI is InChI=1S/C40H26N2S2/c1-2-13-28(14-3-1)41(34-18-10-12-27-11-4-5-15-31(27)34)29-22-24-36-40(26-29)44-38-20-9-7-17-35(38)42(36)30-21-23-33-32-16-6-8-19-37(32)43-39(33)25-30/h1-26H. The van der Waals surface area contributed by atoms with Gasteiger partial charge in [0.05, 0.1) is 17.1 Å². The van der Waals surface area contributed by atoms with Gasteiger partial charge in [-0.15, -0.1) is 11.3 Å². The zero-order chi connectivity index (χ0) is 29.0. The normalized spacial score (nSPS) is 12.4. The lowest BCUT2D eigenvalue weighted by Gasteiger charge is -2.34. The second-order valence-corrected chi connectivity index (χ2v) is 13.2. The minimum atomic E-state index is 1.14. The van der Waals surface area contributed by atoms with Gasteiger partial charge in [0.25, 0.3) is 0 Å². The van der Waals surface area contributed by atoms with Crippen LogP contribution in [0.15, 0.2) is 168 Å². The SMILES string of the molecule is c1ccc(N(c2ccc3c(c2)Sc2ccccc2N3c2ccc3c(c2)sc2ccccc23)c2cccc3ccccc23)cc1. The van der Waals surface area contributed by atoms with Crippen LogP contribution in [-0.2, 0) is 0 Å². The van der Waals surface area contributed by atoms with Crippen LogP contribution < -0.4 is 9.80 Å². The molecule has 0 spiro atoms. The number of thiophene rings is 1. The summed E-state index contributed by atoms with van der Waals surface area (Å²) in [6.07, 6.45) is 0. The Hall–Kier alpha value is -5.03. The van der Waals surface area contributed by atoms with Gasteiger partial charge in [0.1, 0.15) is 0 Å². The molecule has 9 rings (SSSR count). The van der Waals surface area contributed by atoms with Crippen molar-refractivity contribution >= 4 is 88.2 Å². The highest BCUT2D eigenvalue weighted by Gasteiger charge is 2.27. The first-order valence-electron chi connectivity index (χ1n) is 14.8. The van der Waals surface area contributed by atoms with Gasteiger partial charge in [0, 0.05) is 52.4 Å². The number of benzene rings is 7. The van der Waals surface area contributed by atoms with Crippen molar-refractivity contribution < 1.29 is 0 Å². The molecule has 1 aliphatic rings. The molecule has 0 saturated carbocycles. The molecule has 44 heavy (non-hydrogen) atoms. The molecule has 0 fully saturated rings. The molecule has 2 nitrogen and oxygen atoms in total. The summed E-state index contributed by atoms with van der Waals surface area (Å²) in [5.74, 6) is 0. The number of para-hydroxylation sites is 2. The molecule has 0 atom stereocenters. The molecule has 0 bridgehead atoms. The first kappa shape index (κ1) is 25.5. The summed E-state index contributed by atoms with van der Waals surface area (Å²) in [5, 5.41) is 5.11. The summed E-state index contributed by atoms with van der Waals surface area (Å²) in [7, 11) is 0. The van der Waals surface area contributed by atoms with Crippen LogP contribution in [0.4, 0.5) is 34.1 Å². The average molecular weight is 599 g/mol. The molecule has 7 aromatic carbocycles. The van der Waals surface area contributed by atoms with E-state index in [-0.39, 0.29) is 0 Å². The lowest BCUT2D eigenvalue weighted by Crippen LogP contribution is -2.16. The smallest absolute Gasteiger partial charge is 0.0603 e. The van der Waals surface area contributed by atoms with E-state index >= 15 is 0 Å². The fourth-order valence-electron chi connectivity index (χ4n) is 6.42. The summed E-state index contributed by atoms with van der Waals surface area (Å²) in [5.41, 5.74) is 7.04. The van der Waals surface area contributed by atoms with Gasteiger partial charge >= 0.3 is 0 Å². The Morgan fingerprint density at radius 3 is 2.11 bits per heavy atom. The third-order valence-corrected chi connectivity index (χ3v) is 10.7. The van der Waals surface area contributed by atoms with Crippen molar-refractivity contribution in [3.05, 3.63) is 158 Å². The number of fused-ring (bicyclic) bond motifs is 6. The van der Waals surface area contributed by atoms with E-state index in [1.54, 1.807) is 0 Å². The molecule has 8 aromatic rings. The van der Waals surface area contributed by atoms with Gasteiger partial charge in [0.15, 0.2) is 0 Å². The van der Waals surface area contributed by atoms with E-state index in [0.29, 0.717) is 0 Å². The number of nitrogens with zero attached hydrogens (tertiary/aromatic N) is 2. The van der Waals surface area contributed by atoms with Crippen molar-refractivity contribution in [1.82, 2.24) is 0 Å². The van der Waals surface area contributed by atoms with E-state index in [2.05, 4.69) is 168 Å². The van der Waals surface area contributed by atoms with Gasteiger partial charge < -0.3 is 9.80 Å². The van der Waals surface area contributed by atoms with Crippen molar-refractivity contribution in [2.75, 3.05) is 9.80 Å². The Morgan fingerprint density at radius 2 is 1.18 bits per heavy atom. The Morgan fingerprint density at radius 1 is 0.455 bits per heavy atom. The van der Waals surface area contributed by atoms with Gasteiger partial charge in [0.2, 0.25) is 0 Å². The van der Waals surface area contributed by atoms with Gasteiger partial charge in [-0.05, 0) is 72.1 Å². The minimum absolute atomic E-state index is 1.14. The molecule has 2 heterocycles. The summed E-state index contributed by atoms with van der Waals surface area (Å²) in [4.78, 5) is 7.31. The van der Waals surface area contributed by atoms with Crippen LogP contribution in [0.25, 0.3) is 30.9 Å². The molecule has 0 N–H and O–H groups in total. The molecular weight excluding hydrogens is 573 g/mol. The molecule has 208 valence electrons. The molecule has 0 aliphatic carbocycles. The van der Waals surface area contributed by atoms with Gasteiger partial charge in [-0.3, -0.25) is 0 Å². The maximum Gasteiger partial charge on any atom is 0.0603 e. The maximum atomic E-state index is 2.43. The fraction of sp³-hybridized carbons (Fsp3) is 0. The van der Waals surface area contributed by atoms with Crippen molar-refractivity contribution in [2.24, 2.45) is 0 Å². The first-order chi connectivity index (χ1) is 21.8. The molecule has 0 unspecified atom stereocenters. The minimum Gasteiger partial charge on any atom is -0.310 e. The van der Waals surface area contributed by atoms with Gasteiger partial charge in [-0.1, -0.05) is 103 Å². The van der Waals surface area contributed by atoms with Crippen LogP contribution in [0, 0.1) is 0 Å². The molecule has 4 heteroatoms. The Balaban J connectivity index is 1.22. The number of rotatable bonds is 4. The summed E-state index contributed by atoms with van der Waals surface area (Å²) >= 11 is 3.71. The van der Waals surface area contributed by atoms with E-state index in [9.17, 15) is 0 Å². The monoisotopic (exact) mass is 598 g/mol. The van der Waals surface area contributed by atoms with Gasteiger partial charge in [-0.2, -0.15) is 0 Å². The van der Waals surface area contributed by atoms with Crippen LogP contribution in [0.2, 0.25) is 0 Å². The Kier molecular flexibility index (Phi) is 5.96. The molecule has 0 radical (unpaired) electrons. The van der Waals surface area contributed by atoms with E-state index in [1.165, 1.54) is 63.5 Å². The summed E-state index contributed by atoms with van der Waals surface area (Å²) < 4.78 is 2.64. The molecular formula is C40H26N2S2. The Bertz CT molecular complexity index is 2340. The average Bonchev–Trinajstić information content (AvgIpc) is 3.46. The topological polar surface area (TPSA) is 6.48 Å². The third-order valence-electron chi connectivity index (χ3n) is 8.41. The lowest BCUT2D eigenvalue weighted by atomic mass is 10.1. The second kappa shape index (κ2) is 10.3. The van der Waals surface area contributed by atoms with Crippen LogP contribution in [0.1, 0.15) is 0 Å². The molecule has 1 aromatic heterocycles. The molecule has 0 saturated heterocycles. The zero-order valence-electron chi connectivity index (χ0n) is 23.7. The van der Waals surface area contributed by atoms with E-state index in [0.717, 1.165) is 11.4 Å². The van der Waals surface area contributed by atoms with E-state index in [4.69, 9.17) is 0 Å². The zero-order valence-corrected chi connectivity index (χ0v) is 25.4. The number of hydrogen-bond donors (Lipinski definition) is 0. The Labute approximate surface area is 264 Å². The van der Waals surface area contributed by atoms with Crippen LogP contribution >= 0.6 is 23.1 Å². The van der Waals surface area contributed by atoms with Gasteiger partial charge in [-0.25, -0.2) is 0 Å².